The first kappa shape index (κ1) is 32.9. The van der Waals surface area contributed by atoms with Crippen molar-refractivity contribution in [3.63, 3.8) is 0 Å². The van der Waals surface area contributed by atoms with E-state index >= 15 is 0 Å². The van der Waals surface area contributed by atoms with E-state index in [9.17, 15) is 10.1 Å². The van der Waals surface area contributed by atoms with Gasteiger partial charge in [-0.1, -0.05) is 67.6 Å². The van der Waals surface area contributed by atoms with Crippen LogP contribution >= 0.6 is 27.5 Å². The Morgan fingerprint density at radius 1 is 1.20 bits per heavy atom. The van der Waals surface area contributed by atoms with Gasteiger partial charge in [0, 0.05) is 50.5 Å². The molecular weight excluding hydrogens is 672 g/mol. The molecule has 1 N–H and O–H groups in total. The topological polar surface area (TPSA) is 105 Å². The first-order chi connectivity index (χ1) is 21.5. The van der Waals surface area contributed by atoms with Crippen molar-refractivity contribution in [1.82, 2.24) is 19.4 Å². The van der Waals surface area contributed by atoms with Crippen LogP contribution in [0.25, 0.3) is 22.2 Å². The van der Waals surface area contributed by atoms with Crippen LogP contribution in [-0.4, -0.2) is 58.8 Å². The Bertz CT molecular complexity index is 1700. The van der Waals surface area contributed by atoms with E-state index in [2.05, 4.69) is 51.9 Å². The molecule has 45 heavy (non-hydrogen) atoms. The molecular formula is C33H38BrClN6O3Si. The zero-order valence-corrected chi connectivity index (χ0v) is 29.4. The molecule has 1 fully saturated rings. The first-order valence-corrected chi connectivity index (χ1v) is 20.0. The lowest BCUT2D eigenvalue weighted by Gasteiger charge is -2.37. The number of fused-ring (bicyclic) bond motifs is 1. The third kappa shape index (κ3) is 8.05. The molecule has 0 spiro atoms. The summed E-state index contributed by atoms with van der Waals surface area (Å²) < 4.78 is 14.4. The zero-order valence-electron chi connectivity index (χ0n) is 26.0. The SMILES string of the molecule is C[C@H]1CC[C@H](Nc2ncc(Cl)c(-c3cn(COCC[Si](C)(C)C)c4c(Br)c(C#N)ccc34)n2)CN1C(=O)OCc1ccccc1. The fourth-order valence-corrected chi connectivity index (χ4v) is 6.97. The van der Waals surface area contributed by atoms with Gasteiger partial charge in [-0.05, 0) is 53.4 Å². The lowest BCUT2D eigenvalue weighted by atomic mass is 10.00. The van der Waals surface area contributed by atoms with Crippen molar-refractivity contribution < 1.29 is 14.3 Å². The number of likely N-dealkylation sites (tertiary alicyclic amines) is 1. The van der Waals surface area contributed by atoms with E-state index < -0.39 is 8.07 Å². The molecule has 1 amide bonds. The Morgan fingerprint density at radius 2 is 1.98 bits per heavy atom. The van der Waals surface area contributed by atoms with Crippen LogP contribution in [0.15, 0.2) is 59.3 Å². The van der Waals surface area contributed by atoms with Crippen molar-refractivity contribution in [1.29, 1.82) is 5.26 Å². The summed E-state index contributed by atoms with van der Waals surface area (Å²) in [5.74, 6) is 0.423. The molecule has 236 valence electrons. The second-order valence-corrected chi connectivity index (χ2v) is 19.5. The summed E-state index contributed by atoms with van der Waals surface area (Å²) >= 11 is 10.4. The maximum atomic E-state index is 13.0. The van der Waals surface area contributed by atoms with Gasteiger partial charge in [0.1, 0.15) is 19.4 Å². The average Bonchev–Trinajstić information content (AvgIpc) is 3.39. The minimum atomic E-state index is -1.24. The van der Waals surface area contributed by atoms with Gasteiger partial charge in [0.05, 0.1) is 32.5 Å². The van der Waals surface area contributed by atoms with Crippen LogP contribution in [0.2, 0.25) is 30.7 Å². The molecule has 0 saturated carbocycles. The van der Waals surface area contributed by atoms with E-state index in [1.165, 1.54) is 0 Å². The average molecular weight is 710 g/mol. The number of amides is 1. The van der Waals surface area contributed by atoms with Crippen LogP contribution in [-0.2, 0) is 22.8 Å². The molecule has 2 aromatic carbocycles. The molecule has 0 unspecified atom stereocenters. The van der Waals surface area contributed by atoms with E-state index in [4.69, 9.17) is 26.1 Å². The Labute approximate surface area is 278 Å². The number of carbonyl (C=O) groups is 1. The van der Waals surface area contributed by atoms with Crippen LogP contribution in [0.5, 0.6) is 0 Å². The van der Waals surface area contributed by atoms with Crippen LogP contribution in [0.1, 0.15) is 30.9 Å². The van der Waals surface area contributed by atoms with E-state index in [0.29, 0.717) is 46.6 Å². The highest BCUT2D eigenvalue weighted by molar-refractivity contribution is 9.10. The predicted molar refractivity (Wildman–Crippen MR) is 184 cm³/mol. The van der Waals surface area contributed by atoms with E-state index in [0.717, 1.165) is 40.9 Å². The molecule has 2 aromatic heterocycles. The van der Waals surface area contributed by atoms with Crippen LogP contribution in [0, 0.1) is 11.3 Å². The number of carbonyl (C=O) groups excluding carboxylic acids is 1. The fraction of sp³-hybridized carbons (Fsp3) is 0.394. The lowest BCUT2D eigenvalue weighted by Crippen LogP contribution is -2.50. The van der Waals surface area contributed by atoms with Gasteiger partial charge >= 0.3 is 6.09 Å². The smallest absolute Gasteiger partial charge is 0.410 e. The van der Waals surface area contributed by atoms with Crippen LogP contribution in [0.4, 0.5) is 10.7 Å². The lowest BCUT2D eigenvalue weighted by molar-refractivity contribution is 0.0695. The van der Waals surface area contributed by atoms with Crippen LogP contribution < -0.4 is 5.32 Å². The summed E-state index contributed by atoms with van der Waals surface area (Å²) in [5.41, 5.74) is 3.70. The highest BCUT2D eigenvalue weighted by atomic mass is 79.9. The number of ether oxygens (including phenoxy) is 2. The number of halogens is 2. The number of piperidine rings is 1. The molecule has 0 radical (unpaired) electrons. The molecule has 5 rings (SSSR count). The molecule has 9 nitrogen and oxygen atoms in total. The van der Waals surface area contributed by atoms with Gasteiger partial charge in [0.25, 0.3) is 0 Å². The number of nitrogens with zero attached hydrogens (tertiary/aromatic N) is 5. The molecule has 1 aliphatic heterocycles. The maximum Gasteiger partial charge on any atom is 0.410 e. The fourth-order valence-electron chi connectivity index (χ4n) is 5.36. The number of anilines is 1. The number of hydrogen-bond donors (Lipinski definition) is 1. The third-order valence-electron chi connectivity index (χ3n) is 7.98. The first-order valence-electron chi connectivity index (χ1n) is 15.1. The Kier molecular flexibility index (Phi) is 10.5. The molecule has 0 aliphatic carbocycles. The highest BCUT2D eigenvalue weighted by Crippen LogP contribution is 2.38. The largest absolute Gasteiger partial charge is 0.445 e. The zero-order chi connectivity index (χ0) is 32.1. The van der Waals surface area contributed by atoms with E-state index in [1.807, 2.05) is 54.1 Å². The minimum absolute atomic E-state index is 0.0591. The number of nitriles is 1. The number of nitrogens with one attached hydrogen (secondary N) is 1. The summed E-state index contributed by atoms with van der Waals surface area (Å²) in [4.78, 5) is 24.1. The van der Waals surface area contributed by atoms with Crippen LogP contribution in [0.3, 0.4) is 0 Å². The molecule has 4 aromatic rings. The Morgan fingerprint density at radius 3 is 2.71 bits per heavy atom. The Hall–Kier alpha value is -3.43. The molecule has 1 aliphatic rings. The highest BCUT2D eigenvalue weighted by Gasteiger charge is 2.31. The molecule has 3 heterocycles. The van der Waals surface area contributed by atoms with Crippen molar-refractivity contribution >= 4 is 58.5 Å². The van der Waals surface area contributed by atoms with Gasteiger partial charge in [-0.15, -0.1) is 0 Å². The van der Waals surface area contributed by atoms with Crippen molar-refractivity contribution in [2.24, 2.45) is 0 Å². The van der Waals surface area contributed by atoms with E-state index in [-0.39, 0.29) is 24.8 Å². The van der Waals surface area contributed by atoms with Crippen molar-refractivity contribution in [2.75, 3.05) is 18.5 Å². The summed E-state index contributed by atoms with van der Waals surface area (Å²) in [6.45, 7) is 10.7. The molecule has 0 bridgehead atoms. The maximum absolute atomic E-state index is 13.0. The molecule has 2 atom stereocenters. The monoisotopic (exact) mass is 708 g/mol. The second-order valence-electron chi connectivity index (χ2n) is 12.6. The Balaban J connectivity index is 1.36. The summed E-state index contributed by atoms with van der Waals surface area (Å²) in [6, 6.07) is 16.7. The normalized spacial score (nSPS) is 16.9. The summed E-state index contributed by atoms with van der Waals surface area (Å²) in [5, 5.41) is 14.4. The van der Waals surface area contributed by atoms with Gasteiger partial charge in [0.2, 0.25) is 5.95 Å². The van der Waals surface area contributed by atoms with Gasteiger partial charge < -0.3 is 24.3 Å². The molecule has 12 heteroatoms. The second kappa shape index (κ2) is 14.3. The number of aromatic nitrogens is 3. The number of hydrogen-bond acceptors (Lipinski definition) is 7. The van der Waals surface area contributed by atoms with Gasteiger partial charge in [-0.2, -0.15) is 5.26 Å². The van der Waals surface area contributed by atoms with Crippen molar-refractivity contribution in [3.05, 3.63) is 75.5 Å². The van der Waals surface area contributed by atoms with Gasteiger partial charge in [0.15, 0.2) is 0 Å². The number of benzene rings is 2. The summed E-state index contributed by atoms with van der Waals surface area (Å²) in [6.07, 6.45) is 4.89. The molecule has 1 saturated heterocycles. The quantitative estimate of drug-likeness (QED) is 0.130. The number of rotatable bonds is 10. The van der Waals surface area contributed by atoms with Gasteiger partial charge in [-0.25, -0.2) is 14.8 Å². The summed E-state index contributed by atoms with van der Waals surface area (Å²) in [7, 11) is -1.24. The standard InChI is InChI=1S/C33H38BrClN6O3Si/c1-22-10-12-25(18-41(22)33(42)44-20-23-8-6-5-7-9-23)38-32-37-17-28(35)30(39-32)27-19-40(21-43-14-15-45(2,3)4)31-26(27)13-11-24(16-36)29(31)34/h5-9,11,13,17,19,22,25H,10,12,14-15,18,20-21H2,1-4H3,(H,37,38,39)/t22-,25-/m0/s1. The van der Waals surface area contributed by atoms with Crippen molar-refractivity contribution in [2.45, 2.75) is 70.9 Å². The van der Waals surface area contributed by atoms with Crippen molar-refractivity contribution in [3.8, 4) is 17.3 Å². The minimum Gasteiger partial charge on any atom is -0.445 e. The predicted octanol–water partition coefficient (Wildman–Crippen LogP) is 8.30. The van der Waals surface area contributed by atoms with E-state index in [1.54, 1.807) is 17.2 Å². The third-order valence-corrected chi connectivity index (χ3v) is 10.8. The van der Waals surface area contributed by atoms with Gasteiger partial charge in [-0.3, -0.25) is 0 Å².